The van der Waals surface area contributed by atoms with Gasteiger partial charge in [0.05, 0.1) is 0 Å². The van der Waals surface area contributed by atoms with Crippen LogP contribution in [0.2, 0.25) is 0 Å². The maximum Gasteiger partial charge on any atom is 0.205 e. The Morgan fingerprint density at radius 1 is 1.67 bits per heavy atom. The van der Waals surface area contributed by atoms with E-state index in [2.05, 4.69) is 11.8 Å². The van der Waals surface area contributed by atoms with Gasteiger partial charge in [0, 0.05) is 12.3 Å². The molecule has 0 spiro atoms. The average Bonchev–Trinajstić information content (AvgIpc) is 2.65. The summed E-state index contributed by atoms with van der Waals surface area (Å²) >= 11 is 0. The summed E-state index contributed by atoms with van der Waals surface area (Å²) in [5, 5.41) is 0. The molecular formula is C8H10O. The number of ketones is 1. The van der Waals surface area contributed by atoms with Gasteiger partial charge in [-0.3, -0.25) is 4.79 Å². The van der Waals surface area contributed by atoms with Crippen LogP contribution in [0.5, 0.6) is 0 Å². The van der Waals surface area contributed by atoms with E-state index < -0.39 is 0 Å². The first kappa shape index (κ1) is 6.35. The number of hydrogen-bond donors (Lipinski definition) is 0. The summed E-state index contributed by atoms with van der Waals surface area (Å²) in [4.78, 5) is 10.6. The zero-order chi connectivity index (χ0) is 6.69. The molecule has 0 aromatic heterocycles. The van der Waals surface area contributed by atoms with E-state index in [0.717, 1.165) is 0 Å². The van der Waals surface area contributed by atoms with Crippen molar-refractivity contribution in [3.05, 3.63) is 0 Å². The van der Waals surface area contributed by atoms with E-state index >= 15 is 0 Å². The number of carbonyl (C=O) groups is 1. The number of Topliss-reactive ketones (excluding diaryl/α,β-unsaturated/α-hetero) is 1. The monoisotopic (exact) mass is 122 g/mol. The highest BCUT2D eigenvalue weighted by Gasteiger charge is 2.17. The molecule has 0 bridgehead atoms. The average molecular weight is 122 g/mol. The first-order chi connectivity index (χ1) is 4.33. The van der Waals surface area contributed by atoms with Gasteiger partial charge in [-0.15, -0.1) is 0 Å². The number of rotatable bonds is 1. The Morgan fingerprint density at radius 3 is 2.78 bits per heavy atom. The van der Waals surface area contributed by atoms with Crippen molar-refractivity contribution in [2.45, 2.75) is 26.2 Å². The molecule has 0 unspecified atom stereocenters. The standard InChI is InChI=1S/C8H10O/c1-2-8(9)6-5-7-3-4-7/h7H,2-4H2,1H3. The molecule has 1 rings (SSSR count). The van der Waals surface area contributed by atoms with Crippen LogP contribution in [-0.2, 0) is 4.79 Å². The molecular weight excluding hydrogens is 112 g/mol. The smallest absolute Gasteiger partial charge is 0.205 e. The molecule has 0 atom stereocenters. The summed E-state index contributed by atoms with van der Waals surface area (Å²) in [5.74, 6) is 6.14. The van der Waals surface area contributed by atoms with E-state index in [1.807, 2.05) is 6.92 Å². The lowest BCUT2D eigenvalue weighted by Gasteiger charge is -1.76. The minimum Gasteiger partial charge on any atom is -0.285 e. The third kappa shape index (κ3) is 2.32. The van der Waals surface area contributed by atoms with Crippen LogP contribution in [0.3, 0.4) is 0 Å². The highest BCUT2D eigenvalue weighted by Crippen LogP contribution is 2.27. The van der Waals surface area contributed by atoms with Crippen molar-refractivity contribution in [1.82, 2.24) is 0 Å². The second kappa shape index (κ2) is 2.68. The van der Waals surface area contributed by atoms with Crippen molar-refractivity contribution >= 4 is 5.78 Å². The number of carbonyl (C=O) groups excluding carboxylic acids is 1. The molecule has 48 valence electrons. The maximum atomic E-state index is 10.6. The lowest BCUT2D eigenvalue weighted by molar-refractivity contribution is -0.113. The molecule has 9 heavy (non-hydrogen) atoms. The van der Waals surface area contributed by atoms with Gasteiger partial charge >= 0.3 is 0 Å². The van der Waals surface area contributed by atoms with Crippen molar-refractivity contribution in [3.63, 3.8) is 0 Å². The van der Waals surface area contributed by atoms with Crippen molar-refractivity contribution in [1.29, 1.82) is 0 Å². The summed E-state index contributed by atoms with van der Waals surface area (Å²) in [5.41, 5.74) is 0. The Balaban J connectivity index is 2.30. The molecule has 0 heterocycles. The Hall–Kier alpha value is -0.770. The van der Waals surface area contributed by atoms with E-state index in [-0.39, 0.29) is 5.78 Å². The SMILES string of the molecule is CCC(=O)C#CC1CC1. The summed E-state index contributed by atoms with van der Waals surface area (Å²) in [6.45, 7) is 1.84. The molecule has 0 N–H and O–H groups in total. The molecule has 1 fully saturated rings. The quantitative estimate of drug-likeness (QED) is 0.379. The van der Waals surface area contributed by atoms with Crippen LogP contribution in [0.15, 0.2) is 0 Å². The van der Waals surface area contributed by atoms with E-state index in [9.17, 15) is 4.79 Å². The van der Waals surface area contributed by atoms with Crippen LogP contribution in [0.25, 0.3) is 0 Å². The van der Waals surface area contributed by atoms with E-state index in [0.29, 0.717) is 12.3 Å². The molecule has 0 saturated heterocycles. The molecule has 0 amide bonds. The molecule has 1 aliphatic rings. The highest BCUT2D eigenvalue weighted by atomic mass is 16.1. The van der Waals surface area contributed by atoms with Crippen LogP contribution in [0, 0.1) is 17.8 Å². The van der Waals surface area contributed by atoms with Crippen molar-refractivity contribution in [2.24, 2.45) is 5.92 Å². The largest absolute Gasteiger partial charge is 0.285 e. The molecule has 0 radical (unpaired) electrons. The van der Waals surface area contributed by atoms with E-state index in [1.165, 1.54) is 12.8 Å². The Kier molecular flexibility index (Phi) is 1.89. The second-order valence-corrected chi connectivity index (χ2v) is 2.32. The molecule has 1 heteroatoms. The van der Waals surface area contributed by atoms with Crippen LogP contribution >= 0.6 is 0 Å². The molecule has 0 aliphatic heterocycles. The summed E-state index contributed by atoms with van der Waals surface area (Å²) in [6.07, 6.45) is 2.95. The van der Waals surface area contributed by atoms with Crippen LogP contribution < -0.4 is 0 Å². The van der Waals surface area contributed by atoms with Gasteiger partial charge in [-0.25, -0.2) is 0 Å². The van der Waals surface area contributed by atoms with Gasteiger partial charge in [-0.2, -0.15) is 0 Å². The van der Waals surface area contributed by atoms with Gasteiger partial charge in [-0.05, 0) is 18.8 Å². The summed E-state index contributed by atoms with van der Waals surface area (Å²) in [6, 6.07) is 0. The molecule has 1 aliphatic carbocycles. The lowest BCUT2D eigenvalue weighted by Crippen LogP contribution is -1.87. The first-order valence-electron chi connectivity index (χ1n) is 3.37. The number of hydrogen-bond acceptors (Lipinski definition) is 1. The third-order valence-electron chi connectivity index (χ3n) is 1.31. The fourth-order valence-electron chi connectivity index (χ4n) is 0.499. The van der Waals surface area contributed by atoms with Crippen molar-refractivity contribution in [3.8, 4) is 11.8 Å². The minimum atomic E-state index is 0.0712. The fourth-order valence-corrected chi connectivity index (χ4v) is 0.499. The maximum absolute atomic E-state index is 10.6. The van der Waals surface area contributed by atoms with E-state index in [4.69, 9.17) is 0 Å². The van der Waals surface area contributed by atoms with Gasteiger partial charge in [0.2, 0.25) is 5.78 Å². The first-order valence-corrected chi connectivity index (χ1v) is 3.37. The van der Waals surface area contributed by atoms with Crippen molar-refractivity contribution in [2.75, 3.05) is 0 Å². The van der Waals surface area contributed by atoms with Gasteiger partial charge in [0.25, 0.3) is 0 Å². The van der Waals surface area contributed by atoms with Gasteiger partial charge < -0.3 is 0 Å². The Labute approximate surface area is 55.4 Å². The highest BCUT2D eigenvalue weighted by molar-refractivity contribution is 5.95. The summed E-state index contributed by atoms with van der Waals surface area (Å²) < 4.78 is 0. The van der Waals surface area contributed by atoms with Gasteiger partial charge in [0.15, 0.2) is 0 Å². The topological polar surface area (TPSA) is 17.1 Å². The van der Waals surface area contributed by atoms with Crippen LogP contribution in [-0.4, -0.2) is 5.78 Å². The Morgan fingerprint density at radius 2 is 2.33 bits per heavy atom. The zero-order valence-electron chi connectivity index (χ0n) is 5.61. The molecule has 0 aromatic carbocycles. The third-order valence-corrected chi connectivity index (χ3v) is 1.31. The summed E-state index contributed by atoms with van der Waals surface area (Å²) in [7, 11) is 0. The van der Waals surface area contributed by atoms with E-state index in [1.54, 1.807) is 0 Å². The molecule has 1 nitrogen and oxygen atoms in total. The zero-order valence-corrected chi connectivity index (χ0v) is 5.61. The van der Waals surface area contributed by atoms with Gasteiger partial charge in [-0.1, -0.05) is 12.8 Å². The Bertz CT molecular complexity index is 167. The molecule has 1 saturated carbocycles. The predicted molar refractivity (Wildman–Crippen MR) is 35.8 cm³/mol. The second-order valence-electron chi connectivity index (χ2n) is 2.32. The van der Waals surface area contributed by atoms with Crippen LogP contribution in [0.4, 0.5) is 0 Å². The van der Waals surface area contributed by atoms with Crippen molar-refractivity contribution < 1.29 is 4.79 Å². The normalized spacial score (nSPS) is 16.1. The molecule has 0 aromatic rings. The predicted octanol–water partition coefficient (Wildman–Crippen LogP) is 1.38. The fraction of sp³-hybridized carbons (Fsp3) is 0.625. The van der Waals surface area contributed by atoms with Gasteiger partial charge in [0.1, 0.15) is 0 Å². The minimum absolute atomic E-state index is 0.0712. The lowest BCUT2D eigenvalue weighted by atomic mass is 10.3. The van der Waals surface area contributed by atoms with Crippen LogP contribution in [0.1, 0.15) is 26.2 Å².